The number of carbonyl (C=O) groups is 2. The van der Waals surface area contributed by atoms with E-state index in [9.17, 15) is 22.8 Å². The largest absolute Gasteiger partial charge is 0.481 e. The normalized spacial score (nSPS) is 20.9. The zero-order valence-corrected chi connectivity index (χ0v) is 11.9. The number of halogens is 3. The van der Waals surface area contributed by atoms with Gasteiger partial charge < -0.3 is 15.2 Å². The average molecular weight is 317 g/mol. The number of hydrogen-bond acceptors (Lipinski definition) is 3. The van der Waals surface area contributed by atoms with Crippen molar-refractivity contribution in [2.24, 2.45) is 0 Å². The smallest absolute Gasteiger partial charge is 0.416 e. The minimum atomic E-state index is -4.72. The van der Waals surface area contributed by atoms with Crippen LogP contribution >= 0.6 is 0 Å². The SMILES string of the molecule is CCC1(C)Oc2cc(C(F)(F)F)c(CC(=O)O)cc2NC1=O. The van der Waals surface area contributed by atoms with Crippen LogP contribution < -0.4 is 10.1 Å². The highest BCUT2D eigenvalue weighted by Gasteiger charge is 2.41. The maximum absolute atomic E-state index is 13.1. The molecule has 0 aromatic heterocycles. The van der Waals surface area contributed by atoms with Gasteiger partial charge in [0, 0.05) is 0 Å². The molecule has 1 aromatic carbocycles. The lowest BCUT2D eigenvalue weighted by Gasteiger charge is -2.34. The molecule has 0 spiro atoms. The van der Waals surface area contributed by atoms with Gasteiger partial charge in [-0.15, -0.1) is 0 Å². The molecule has 1 aromatic rings. The first-order valence-electron chi connectivity index (χ1n) is 6.53. The molecular formula is C14H14F3NO4. The van der Waals surface area contributed by atoms with Crippen LogP contribution in [0.25, 0.3) is 0 Å². The van der Waals surface area contributed by atoms with E-state index >= 15 is 0 Å². The second-order valence-electron chi connectivity index (χ2n) is 5.21. The molecule has 1 atom stereocenters. The molecule has 0 aliphatic carbocycles. The van der Waals surface area contributed by atoms with Gasteiger partial charge in [-0.3, -0.25) is 9.59 Å². The van der Waals surface area contributed by atoms with Gasteiger partial charge in [0.2, 0.25) is 0 Å². The Bertz CT molecular complexity index is 642. The van der Waals surface area contributed by atoms with Crippen molar-refractivity contribution >= 4 is 17.6 Å². The van der Waals surface area contributed by atoms with E-state index in [1.54, 1.807) is 6.92 Å². The van der Waals surface area contributed by atoms with Crippen LogP contribution in [-0.2, 0) is 22.2 Å². The number of carbonyl (C=O) groups excluding carboxylic acids is 1. The molecule has 0 radical (unpaired) electrons. The van der Waals surface area contributed by atoms with Crippen molar-refractivity contribution < 1.29 is 32.6 Å². The molecule has 1 aliphatic heterocycles. The van der Waals surface area contributed by atoms with Crippen molar-refractivity contribution in [2.75, 3.05) is 5.32 Å². The van der Waals surface area contributed by atoms with Crippen LogP contribution in [0.1, 0.15) is 31.4 Å². The van der Waals surface area contributed by atoms with Gasteiger partial charge in [-0.05, 0) is 31.0 Å². The number of rotatable bonds is 3. The molecule has 2 N–H and O–H groups in total. The van der Waals surface area contributed by atoms with Crippen LogP contribution in [0.4, 0.5) is 18.9 Å². The Kier molecular flexibility index (Phi) is 3.80. The third kappa shape index (κ3) is 2.86. The summed E-state index contributed by atoms with van der Waals surface area (Å²) in [6.07, 6.45) is -5.24. The predicted octanol–water partition coefficient (Wildman–Crippen LogP) is 2.83. The minimum absolute atomic E-state index is 0.0418. The first kappa shape index (κ1) is 16.1. The van der Waals surface area contributed by atoms with Crippen molar-refractivity contribution in [1.29, 1.82) is 0 Å². The van der Waals surface area contributed by atoms with Gasteiger partial charge in [0.05, 0.1) is 17.7 Å². The molecule has 22 heavy (non-hydrogen) atoms. The highest BCUT2D eigenvalue weighted by atomic mass is 19.4. The second kappa shape index (κ2) is 5.19. The van der Waals surface area contributed by atoms with E-state index in [0.717, 1.165) is 12.1 Å². The fourth-order valence-corrected chi connectivity index (χ4v) is 2.16. The highest BCUT2D eigenvalue weighted by Crippen LogP contribution is 2.42. The lowest BCUT2D eigenvalue weighted by molar-refractivity contribution is -0.139. The standard InChI is InChI=1S/C14H14F3NO4/c1-3-13(2)12(21)18-9-4-7(5-11(19)20)8(14(15,16)17)6-10(9)22-13/h4,6H,3,5H2,1-2H3,(H,18,21)(H,19,20). The maximum Gasteiger partial charge on any atom is 0.416 e. The lowest BCUT2D eigenvalue weighted by Crippen LogP contribution is -2.48. The van der Waals surface area contributed by atoms with Gasteiger partial charge in [0.25, 0.3) is 5.91 Å². The van der Waals surface area contributed by atoms with Crippen molar-refractivity contribution in [3.05, 3.63) is 23.3 Å². The van der Waals surface area contributed by atoms with E-state index in [1.807, 2.05) is 0 Å². The average Bonchev–Trinajstić information content (AvgIpc) is 2.38. The number of aliphatic carboxylic acids is 1. The third-order valence-corrected chi connectivity index (χ3v) is 3.59. The monoisotopic (exact) mass is 317 g/mol. The fourth-order valence-electron chi connectivity index (χ4n) is 2.16. The summed E-state index contributed by atoms with van der Waals surface area (Å²) in [5, 5.41) is 11.2. The summed E-state index contributed by atoms with van der Waals surface area (Å²) in [7, 11) is 0. The van der Waals surface area contributed by atoms with E-state index in [2.05, 4.69) is 5.32 Å². The van der Waals surface area contributed by atoms with Crippen LogP contribution in [0.15, 0.2) is 12.1 Å². The summed E-state index contributed by atoms with van der Waals surface area (Å²) in [5.41, 5.74) is -2.73. The molecule has 0 saturated heterocycles. The molecule has 5 nitrogen and oxygen atoms in total. The molecule has 0 saturated carbocycles. The van der Waals surface area contributed by atoms with Crippen LogP contribution in [0.2, 0.25) is 0 Å². The topological polar surface area (TPSA) is 75.6 Å². The van der Waals surface area contributed by atoms with Gasteiger partial charge >= 0.3 is 12.1 Å². The van der Waals surface area contributed by atoms with Crippen molar-refractivity contribution in [3.63, 3.8) is 0 Å². The number of hydrogen-bond donors (Lipinski definition) is 2. The number of ether oxygens (including phenoxy) is 1. The Morgan fingerprint density at radius 1 is 1.41 bits per heavy atom. The van der Waals surface area contributed by atoms with E-state index in [0.29, 0.717) is 0 Å². The number of carboxylic acids is 1. The zero-order valence-electron chi connectivity index (χ0n) is 11.9. The molecule has 1 amide bonds. The fraction of sp³-hybridized carbons (Fsp3) is 0.429. The molecule has 0 bridgehead atoms. The molecule has 120 valence electrons. The predicted molar refractivity (Wildman–Crippen MR) is 70.7 cm³/mol. The summed E-state index contributed by atoms with van der Waals surface area (Å²) in [4.78, 5) is 22.7. The number of anilines is 1. The number of nitrogens with one attached hydrogen (secondary N) is 1. The van der Waals surface area contributed by atoms with Crippen LogP contribution in [-0.4, -0.2) is 22.6 Å². The summed E-state index contributed by atoms with van der Waals surface area (Å²) < 4.78 is 44.7. The number of amides is 1. The molecule has 8 heteroatoms. The summed E-state index contributed by atoms with van der Waals surface area (Å²) in [6.45, 7) is 3.15. The van der Waals surface area contributed by atoms with Gasteiger partial charge in [-0.25, -0.2) is 0 Å². The maximum atomic E-state index is 13.1. The van der Waals surface area contributed by atoms with E-state index in [1.165, 1.54) is 6.92 Å². The first-order valence-corrected chi connectivity index (χ1v) is 6.53. The van der Waals surface area contributed by atoms with Gasteiger partial charge in [0.15, 0.2) is 5.60 Å². The first-order chi connectivity index (χ1) is 10.1. The van der Waals surface area contributed by atoms with E-state index in [4.69, 9.17) is 9.84 Å². The van der Waals surface area contributed by atoms with Crippen LogP contribution in [0, 0.1) is 0 Å². The van der Waals surface area contributed by atoms with E-state index < -0.39 is 41.2 Å². The van der Waals surface area contributed by atoms with Gasteiger partial charge in [-0.2, -0.15) is 13.2 Å². The number of fused-ring (bicyclic) bond motifs is 1. The quantitative estimate of drug-likeness (QED) is 0.899. The number of carboxylic acid groups (broad SMARTS) is 1. The van der Waals surface area contributed by atoms with Crippen LogP contribution in [0.3, 0.4) is 0 Å². The molecule has 1 unspecified atom stereocenters. The van der Waals surface area contributed by atoms with Crippen molar-refractivity contribution in [2.45, 2.75) is 38.5 Å². The summed E-state index contributed by atoms with van der Waals surface area (Å²) in [5.74, 6) is -2.00. The molecule has 0 fully saturated rings. The minimum Gasteiger partial charge on any atom is -0.481 e. The molecular weight excluding hydrogens is 303 g/mol. The highest BCUT2D eigenvalue weighted by molar-refractivity contribution is 6.00. The summed E-state index contributed by atoms with van der Waals surface area (Å²) >= 11 is 0. The van der Waals surface area contributed by atoms with Gasteiger partial charge in [-0.1, -0.05) is 6.92 Å². The zero-order chi connectivity index (χ0) is 16.7. The van der Waals surface area contributed by atoms with E-state index in [-0.39, 0.29) is 17.9 Å². The molecule has 2 rings (SSSR count). The summed E-state index contributed by atoms with van der Waals surface area (Å²) in [6, 6.07) is 1.74. The van der Waals surface area contributed by atoms with Crippen molar-refractivity contribution in [1.82, 2.24) is 0 Å². The molecule has 1 aliphatic rings. The number of alkyl halides is 3. The Labute approximate surface area is 124 Å². The Balaban J connectivity index is 2.56. The number of benzene rings is 1. The molecule has 1 heterocycles. The van der Waals surface area contributed by atoms with Gasteiger partial charge in [0.1, 0.15) is 5.75 Å². The van der Waals surface area contributed by atoms with Crippen LogP contribution in [0.5, 0.6) is 5.75 Å². The lowest BCUT2D eigenvalue weighted by atomic mass is 9.97. The third-order valence-electron chi connectivity index (χ3n) is 3.59. The Morgan fingerprint density at radius 3 is 2.55 bits per heavy atom. The Morgan fingerprint density at radius 2 is 2.05 bits per heavy atom. The Hall–Kier alpha value is -2.25. The van der Waals surface area contributed by atoms with Crippen molar-refractivity contribution in [3.8, 4) is 5.75 Å². The second-order valence-corrected chi connectivity index (χ2v) is 5.21.